The third-order valence-corrected chi connectivity index (χ3v) is 2.66. The van der Waals surface area contributed by atoms with Gasteiger partial charge in [-0.25, -0.2) is 0 Å². The van der Waals surface area contributed by atoms with E-state index in [1.54, 1.807) is 6.41 Å². The number of unbranched alkanes of at least 4 members (excludes halogenated alkanes) is 8. The van der Waals surface area contributed by atoms with E-state index in [2.05, 4.69) is 12.4 Å². The number of rotatable bonds is 13. The number of nitrogens with one attached hydrogen (secondary N) is 1. The highest BCUT2D eigenvalue weighted by Gasteiger charge is 1.92. The minimum Gasteiger partial charge on any atom is -0.379 e. The highest BCUT2D eigenvalue weighted by atomic mass is 16.5. The molecular weight excluding hydrogens is 202 g/mol. The van der Waals surface area contributed by atoms with Crippen molar-refractivity contribution >= 4 is 6.41 Å². The Labute approximate surface area is 99.9 Å². The smallest absolute Gasteiger partial charge is 0.309 e. The molecule has 1 amide bonds. The minimum atomic E-state index is 0.772. The quantitative estimate of drug-likeness (QED) is 0.388. The second-order valence-electron chi connectivity index (χ2n) is 4.12. The highest BCUT2D eigenvalue weighted by molar-refractivity contribution is 5.46. The number of amides is 1. The first-order valence-corrected chi connectivity index (χ1v) is 6.39. The molecule has 0 unspecified atom stereocenters. The molecule has 0 bridgehead atoms. The summed E-state index contributed by atoms with van der Waals surface area (Å²) in [5, 5.41) is 2.56. The maximum absolute atomic E-state index is 9.84. The molecule has 94 valence electrons. The van der Waals surface area contributed by atoms with E-state index < -0.39 is 0 Å². The molecule has 0 aromatic carbocycles. The molecule has 0 atom stereocenters. The van der Waals surface area contributed by atoms with Crippen LogP contribution in [-0.4, -0.2) is 19.6 Å². The third-order valence-electron chi connectivity index (χ3n) is 2.66. The van der Waals surface area contributed by atoms with Gasteiger partial charge >= 0.3 is 6.41 Å². The fourth-order valence-electron chi connectivity index (χ4n) is 1.71. The Bertz CT molecular complexity index is 140. The molecule has 0 rings (SSSR count). The number of carbonyl (C=O) groups excluding carboxylic acids is 1. The molecule has 0 saturated heterocycles. The van der Waals surface area contributed by atoms with Gasteiger partial charge in [0.2, 0.25) is 0 Å². The van der Waals surface area contributed by atoms with Crippen molar-refractivity contribution in [3.05, 3.63) is 7.11 Å². The summed E-state index contributed by atoms with van der Waals surface area (Å²) in [5.74, 6) is 0. The van der Waals surface area contributed by atoms with E-state index in [9.17, 15) is 4.79 Å². The van der Waals surface area contributed by atoms with Crippen molar-refractivity contribution in [1.29, 1.82) is 0 Å². The molecule has 0 aliphatic heterocycles. The minimum absolute atomic E-state index is 0.772. The summed E-state index contributed by atoms with van der Waals surface area (Å²) in [6.07, 6.45) is 12.9. The Hall–Kier alpha value is -0.570. The van der Waals surface area contributed by atoms with Gasteiger partial charge in [-0.05, 0) is 12.8 Å². The second-order valence-corrected chi connectivity index (χ2v) is 4.12. The fourth-order valence-corrected chi connectivity index (χ4v) is 1.71. The SMILES string of the molecule is [CH2]OCCCCCCCCCCCN[C]=O. The number of hydrogen-bond donors (Lipinski definition) is 1. The molecule has 2 radical (unpaired) electrons. The van der Waals surface area contributed by atoms with Gasteiger partial charge in [-0.15, -0.1) is 0 Å². The van der Waals surface area contributed by atoms with Gasteiger partial charge in [0.25, 0.3) is 0 Å². The van der Waals surface area contributed by atoms with E-state index in [4.69, 9.17) is 4.74 Å². The number of hydrogen-bond acceptors (Lipinski definition) is 2. The average molecular weight is 227 g/mol. The fraction of sp³-hybridized carbons (Fsp3) is 0.846. The Morgan fingerprint density at radius 2 is 1.38 bits per heavy atom. The molecular formula is C13H25NO2. The van der Waals surface area contributed by atoms with Crippen LogP contribution in [0.1, 0.15) is 57.8 Å². The molecule has 0 aliphatic rings. The van der Waals surface area contributed by atoms with Crippen molar-refractivity contribution in [2.75, 3.05) is 13.2 Å². The summed E-state index contributed by atoms with van der Waals surface area (Å²) in [4.78, 5) is 9.84. The van der Waals surface area contributed by atoms with Crippen LogP contribution in [0.15, 0.2) is 0 Å². The van der Waals surface area contributed by atoms with Crippen LogP contribution in [-0.2, 0) is 9.53 Å². The Kier molecular flexibility index (Phi) is 13.9. The van der Waals surface area contributed by atoms with Gasteiger partial charge in [-0.3, -0.25) is 4.79 Å². The van der Waals surface area contributed by atoms with Crippen LogP contribution in [0.4, 0.5) is 0 Å². The van der Waals surface area contributed by atoms with Crippen LogP contribution in [0, 0.1) is 7.11 Å². The monoisotopic (exact) mass is 227 g/mol. The van der Waals surface area contributed by atoms with Crippen LogP contribution in [0.5, 0.6) is 0 Å². The predicted molar refractivity (Wildman–Crippen MR) is 66.6 cm³/mol. The molecule has 3 nitrogen and oxygen atoms in total. The van der Waals surface area contributed by atoms with E-state index in [0.29, 0.717) is 0 Å². The Morgan fingerprint density at radius 3 is 1.88 bits per heavy atom. The first-order valence-electron chi connectivity index (χ1n) is 6.39. The van der Waals surface area contributed by atoms with E-state index >= 15 is 0 Å². The van der Waals surface area contributed by atoms with E-state index in [0.717, 1.165) is 26.0 Å². The van der Waals surface area contributed by atoms with Gasteiger partial charge in [0.15, 0.2) is 0 Å². The van der Waals surface area contributed by atoms with Crippen molar-refractivity contribution in [3.63, 3.8) is 0 Å². The average Bonchev–Trinajstić information content (AvgIpc) is 2.31. The zero-order valence-electron chi connectivity index (χ0n) is 10.3. The van der Waals surface area contributed by atoms with Crippen LogP contribution in [0.2, 0.25) is 0 Å². The molecule has 1 N–H and O–H groups in total. The van der Waals surface area contributed by atoms with Gasteiger partial charge in [-0.2, -0.15) is 0 Å². The van der Waals surface area contributed by atoms with Crippen molar-refractivity contribution in [2.45, 2.75) is 57.8 Å². The summed E-state index contributed by atoms with van der Waals surface area (Å²) in [6.45, 7) is 1.56. The van der Waals surface area contributed by atoms with Gasteiger partial charge in [0.1, 0.15) is 0 Å². The van der Waals surface area contributed by atoms with Crippen molar-refractivity contribution in [1.82, 2.24) is 5.32 Å². The van der Waals surface area contributed by atoms with Crippen molar-refractivity contribution in [2.24, 2.45) is 0 Å². The van der Waals surface area contributed by atoms with Crippen molar-refractivity contribution in [3.8, 4) is 0 Å². The lowest BCUT2D eigenvalue weighted by atomic mass is 10.1. The van der Waals surface area contributed by atoms with Crippen LogP contribution < -0.4 is 5.32 Å². The van der Waals surface area contributed by atoms with Crippen LogP contribution in [0.25, 0.3) is 0 Å². The largest absolute Gasteiger partial charge is 0.379 e. The summed E-state index contributed by atoms with van der Waals surface area (Å²) >= 11 is 0. The molecule has 0 saturated carbocycles. The highest BCUT2D eigenvalue weighted by Crippen LogP contribution is 2.09. The predicted octanol–water partition coefficient (Wildman–Crippen LogP) is 2.96. The molecule has 0 aliphatic carbocycles. The molecule has 0 aromatic rings. The lowest BCUT2D eigenvalue weighted by molar-refractivity contribution is 0.233. The van der Waals surface area contributed by atoms with Gasteiger partial charge in [-0.1, -0.05) is 44.9 Å². The first kappa shape index (κ1) is 15.4. The lowest BCUT2D eigenvalue weighted by Crippen LogP contribution is -2.11. The summed E-state index contributed by atoms with van der Waals surface area (Å²) in [5.41, 5.74) is 0. The van der Waals surface area contributed by atoms with Gasteiger partial charge in [0, 0.05) is 13.2 Å². The van der Waals surface area contributed by atoms with E-state index in [1.165, 1.54) is 44.9 Å². The Morgan fingerprint density at radius 1 is 0.875 bits per heavy atom. The Balaban J connectivity index is 2.85. The number of ether oxygens (including phenoxy) is 1. The van der Waals surface area contributed by atoms with Crippen molar-refractivity contribution < 1.29 is 9.53 Å². The third kappa shape index (κ3) is 13.4. The van der Waals surface area contributed by atoms with Gasteiger partial charge in [0.05, 0.1) is 7.11 Å². The van der Waals surface area contributed by atoms with E-state index in [1.807, 2.05) is 0 Å². The normalized spacial score (nSPS) is 10.3. The van der Waals surface area contributed by atoms with E-state index in [-0.39, 0.29) is 0 Å². The topological polar surface area (TPSA) is 38.3 Å². The maximum atomic E-state index is 9.84. The van der Waals surface area contributed by atoms with Crippen LogP contribution in [0.3, 0.4) is 0 Å². The van der Waals surface area contributed by atoms with Crippen LogP contribution >= 0.6 is 0 Å². The molecule has 3 heteroatoms. The van der Waals surface area contributed by atoms with Gasteiger partial charge < -0.3 is 10.1 Å². The summed E-state index contributed by atoms with van der Waals surface area (Å²) < 4.78 is 4.75. The zero-order valence-corrected chi connectivity index (χ0v) is 10.3. The summed E-state index contributed by atoms with van der Waals surface area (Å²) in [7, 11) is 3.35. The summed E-state index contributed by atoms with van der Waals surface area (Å²) in [6, 6.07) is 0. The molecule has 0 spiro atoms. The standard InChI is InChI=1S/C13H25NO2/c1-16-12-10-8-6-4-2-3-5-7-9-11-14-13-15/h1-12H2,(H,14,15). The molecule has 0 heterocycles. The second kappa shape index (κ2) is 14.4. The first-order chi connectivity index (χ1) is 7.91. The molecule has 16 heavy (non-hydrogen) atoms. The zero-order chi connectivity index (χ0) is 11.9. The molecule has 0 fully saturated rings. The maximum Gasteiger partial charge on any atom is 0.309 e. The molecule has 0 aromatic heterocycles. The lowest BCUT2D eigenvalue weighted by Gasteiger charge is -2.02.